The van der Waals surface area contributed by atoms with E-state index in [1.54, 1.807) is 0 Å². The Morgan fingerprint density at radius 1 is 1.43 bits per heavy atom. The zero-order valence-corrected chi connectivity index (χ0v) is 10.1. The van der Waals surface area contributed by atoms with Crippen molar-refractivity contribution >= 4 is 5.78 Å². The van der Waals surface area contributed by atoms with Gasteiger partial charge in [-0.25, -0.2) is 0 Å². The van der Waals surface area contributed by atoms with Crippen molar-refractivity contribution in [3.63, 3.8) is 0 Å². The van der Waals surface area contributed by atoms with Gasteiger partial charge in [-0.2, -0.15) is 0 Å². The second-order valence-electron chi connectivity index (χ2n) is 5.16. The van der Waals surface area contributed by atoms with E-state index in [2.05, 4.69) is 32.6 Å². The summed E-state index contributed by atoms with van der Waals surface area (Å²) in [6.07, 6.45) is 1.13. The molecule has 2 atom stereocenters. The maximum absolute atomic E-state index is 12.1. The first-order chi connectivity index (χ1) is 6.41. The molecule has 0 N–H and O–H groups in total. The highest BCUT2D eigenvalue weighted by Crippen LogP contribution is 2.35. The molecular formula is C12H23NO. The molecule has 1 heterocycles. The Morgan fingerprint density at radius 2 is 2.00 bits per heavy atom. The van der Waals surface area contributed by atoms with Crippen LogP contribution in [0, 0.1) is 11.3 Å². The average Bonchev–Trinajstić information content (AvgIpc) is 2.12. The number of ketones is 1. The van der Waals surface area contributed by atoms with E-state index in [-0.39, 0.29) is 11.5 Å². The van der Waals surface area contributed by atoms with E-state index in [9.17, 15) is 4.79 Å². The molecule has 2 nitrogen and oxygen atoms in total. The number of nitrogens with zero attached hydrogens (tertiary/aromatic N) is 1. The van der Waals surface area contributed by atoms with Crippen molar-refractivity contribution in [2.75, 3.05) is 13.1 Å². The van der Waals surface area contributed by atoms with E-state index in [4.69, 9.17) is 0 Å². The summed E-state index contributed by atoms with van der Waals surface area (Å²) in [5, 5.41) is 0. The molecule has 1 rings (SSSR count). The number of hydrogen-bond acceptors (Lipinski definition) is 2. The molecule has 0 bridgehead atoms. The van der Waals surface area contributed by atoms with Crippen LogP contribution in [0.2, 0.25) is 0 Å². The average molecular weight is 197 g/mol. The molecule has 1 saturated heterocycles. The summed E-state index contributed by atoms with van der Waals surface area (Å²) >= 11 is 0. The Bertz CT molecular complexity index is 222. The van der Waals surface area contributed by atoms with E-state index in [1.165, 1.54) is 0 Å². The van der Waals surface area contributed by atoms with Crippen LogP contribution in [0.15, 0.2) is 0 Å². The van der Waals surface area contributed by atoms with Gasteiger partial charge in [0.05, 0.1) is 6.04 Å². The highest BCUT2D eigenvalue weighted by Gasteiger charge is 2.43. The monoisotopic (exact) mass is 197 g/mol. The zero-order chi connectivity index (χ0) is 10.9. The molecule has 2 heteroatoms. The Hall–Kier alpha value is -0.370. The lowest BCUT2D eigenvalue weighted by molar-refractivity contribution is -0.140. The molecule has 14 heavy (non-hydrogen) atoms. The van der Waals surface area contributed by atoms with Crippen molar-refractivity contribution in [2.45, 2.75) is 47.1 Å². The van der Waals surface area contributed by atoms with Crippen molar-refractivity contribution in [1.82, 2.24) is 4.90 Å². The Balaban J connectivity index is 2.79. The number of piperidine rings is 1. The maximum atomic E-state index is 12.1. The molecule has 0 aromatic rings. The topological polar surface area (TPSA) is 20.3 Å². The Labute approximate surface area is 87.7 Å². The van der Waals surface area contributed by atoms with E-state index in [0.29, 0.717) is 11.7 Å². The minimum absolute atomic E-state index is 0.112. The van der Waals surface area contributed by atoms with Crippen LogP contribution in [0.3, 0.4) is 0 Å². The summed E-state index contributed by atoms with van der Waals surface area (Å²) in [5.74, 6) is 0.877. The van der Waals surface area contributed by atoms with E-state index in [0.717, 1.165) is 19.5 Å². The fourth-order valence-electron chi connectivity index (χ4n) is 2.26. The van der Waals surface area contributed by atoms with Gasteiger partial charge in [0.15, 0.2) is 5.78 Å². The SMILES string of the molecule is CCCN1CC(C)C(C)(C)C(=O)[C@@H]1C. The Kier molecular flexibility index (Phi) is 3.36. The molecule has 0 aromatic heterocycles. The van der Waals surface area contributed by atoms with Gasteiger partial charge >= 0.3 is 0 Å². The normalized spacial score (nSPS) is 33.4. The van der Waals surface area contributed by atoms with Gasteiger partial charge in [0.2, 0.25) is 0 Å². The number of Topliss-reactive ketones (excluding diaryl/α,β-unsaturated/α-hetero) is 1. The summed E-state index contributed by atoms with van der Waals surface area (Å²) in [7, 11) is 0. The van der Waals surface area contributed by atoms with Crippen LogP contribution in [-0.2, 0) is 4.79 Å². The summed E-state index contributed by atoms with van der Waals surface area (Å²) in [6, 6.07) is 0.112. The molecule has 0 amide bonds. The van der Waals surface area contributed by atoms with Gasteiger partial charge in [-0.3, -0.25) is 9.69 Å². The first kappa shape index (κ1) is 11.7. The first-order valence-corrected chi connectivity index (χ1v) is 5.69. The second-order valence-corrected chi connectivity index (χ2v) is 5.16. The largest absolute Gasteiger partial charge is 0.297 e. The number of carbonyl (C=O) groups excluding carboxylic acids is 1. The van der Waals surface area contributed by atoms with Crippen LogP contribution in [0.1, 0.15) is 41.0 Å². The summed E-state index contributed by atoms with van der Waals surface area (Å²) in [5.41, 5.74) is -0.135. The van der Waals surface area contributed by atoms with Crippen molar-refractivity contribution in [3.8, 4) is 0 Å². The van der Waals surface area contributed by atoms with Crippen molar-refractivity contribution in [1.29, 1.82) is 0 Å². The van der Waals surface area contributed by atoms with Crippen molar-refractivity contribution < 1.29 is 4.79 Å². The molecule has 82 valence electrons. The molecule has 1 fully saturated rings. The molecule has 0 aromatic carbocycles. The quantitative estimate of drug-likeness (QED) is 0.677. The van der Waals surface area contributed by atoms with Gasteiger partial charge in [0.1, 0.15) is 0 Å². The third-order valence-electron chi connectivity index (χ3n) is 3.81. The van der Waals surface area contributed by atoms with Gasteiger partial charge in [-0.1, -0.05) is 27.7 Å². The smallest absolute Gasteiger partial charge is 0.155 e. The minimum Gasteiger partial charge on any atom is -0.297 e. The van der Waals surface area contributed by atoms with Crippen LogP contribution in [0.5, 0.6) is 0 Å². The predicted octanol–water partition coefficient (Wildman–Crippen LogP) is 2.33. The highest BCUT2D eigenvalue weighted by atomic mass is 16.1. The number of hydrogen-bond donors (Lipinski definition) is 0. The summed E-state index contributed by atoms with van der Waals surface area (Å²) < 4.78 is 0. The molecular weight excluding hydrogens is 174 g/mol. The van der Waals surface area contributed by atoms with Crippen LogP contribution in [-0.4, -0.2) is 29.8 Å². The van der Waals surface area contributed by atoms with Gasteiger partial charge in [-0.15, -0.1) is 0 Å². The number of rotatable bonds is 2. The molecule has 1 aliphatic heterocycles. The van der Waals surface area contributed by atoms with Gasteiger partial charge in [0.25, 0.3) is 0 Å². The van der Waals surface area contributed by atoms with Crippen molar-refractivity contribution in [3.05, 3.63) is 0 Å². The van der Waals surface area contributed by atoms with E-state index in [1.807, 2.05) is 6.92 Å². The van der Waals surface area contributed by atoms with Gasteiger partial charge in [-0.05, 0) is 25.8 Å². The zero-order valence-electron chi connectivity index (χ0n) is 10.1. The summed E-state index contributed by atoms with van der Waals surface area (Å²) in [4.78, 5) is 14.4. The lowest BCUT2D eigenvalue weighted by Gasteiger charge is -2.45. The molecule has 0 radical (unpaired) electrons. The van der Waals surface area contributed by atoms with E-state index < -0.39 is 0 Å². The lowest BCUT2D eigenvalue weighted by Crippen LogP contribution is -2.55. The molecule has 0 saturated carbocycles. The molecule has 1 aliphatic rings. The fourth-order valence-corrected chi connectivity index (χ4v) is 2.26. The maximum Gasteiger partial charge on any atom is 0.155 e. The van der Waals surface area contributed by atoms with Crippen LogP contribution < -0.4 is 0 Å². The van der Waals surface area contributed by atoms with E-state index >= 15 is 0 Å². The van der Waals surface area contributed by atoms with Crippen molar-refractivity contribution in [2.24, 2.45) is 11.3 Å². The highest BCUT2D eigenvalue weighted by molar-refractivity contribution is 5.89. The standard InChI is InChI=1S/C12H23NO/c1-6-7-13-8-9(2)12(4,5)11(14)10(13)3/h9-10H,6-8H2,1-5H3/t9?,10-/m0/s1. The third kappa shape index (κ3) is 1.85. The molecule has 0 aliphatic carbocycles. The third-order valence-corrected chi connectivity index (χ3v) is 3.81. The number of likely N-dealkylation sites (tertiary alicyclic amines) is 1. The lowest BCUT2D eigenvalue weighted by atomic mass is 9.71. The first-order valence-electron chi connectivity index (χ1n) is 5.69. The second kappa shape index (κ2) is 4.01. The van der Waals surface area contributed by atoms with Gasteiger partial charge < -0.3 is 0 Å². The van der Waals surface area contributed by atoms with Gasteiger partial charge in [0, 0.05) is 12.0 Å². The van der Waals surface area contributed by atoms with Crippen LogP contribution in [0.25, 0.3) is 0 Å². The molecule has 1 unspecified atom stereocenters. The predicted molar refractivity (Wildman–Crippen MR) is 59.3 cm³/mol. The Morgan fingerprint density at radius 3 is 2.50 bits per heavy atom. The van der Waals surface area contributed by atoms with Crippen LogP contribution in [0.4, 0.5) is 0 Å². The van der Waals surface area contributed by atoms with Crippen LogP contribution >= 0.6 is 0 Å². The minimum atomic E-state index is -0.135. The molecule has 0 spiro atoms. The summed E-state index contributed by atoms with van der Waals surface area (Å²) in [6.45, 7) is 12.7. The fraction of sp³-hybridized carbons (Fsp3) is 0.917. The number of carbonyl (C=O) groups is 1.